The van der Waals surface area contributed by atoms with Gasteiger partial charge in [0.1, 0.15) is 18.2 Å². The number of hydrogen-bond donors (Lipinski definition) is 0. The summed E-state index contributed by atoms with van der Waals surface area (Å²) < 4.78 is 66.3. The zero-order valence-corrected chi connectivity index (χ0v) is 10.1. The molecule has 0 bridgehead atoms. The molecule has 0 N–H and O–H groups in total. The van der Waals surface area contributed by atoms with Crippen molar-refractivity contribution in [2.75, 3.05) is 13.2 Å². The zero-order chi connectivity index (χ0) is 13.9. The van der Waals surface area contributed by atoms with E-state index in [2.05, 4.69) is 4.74 Å². The van der Waals surface area contributed by atoms with Gasteiger partial charge in [0.15, 0.2) is 0 Å². The Kier molecular flexibility index (Phi) is 4.92. The fourth-order valence-electron chi connectivity index (χ4n) is 1.27. The normalized spacial score (nSPS) is 13.7. The summed E-state index contributed by atoms with van der Waals surface area (Å²) in [5, 5.41) is -1.18. The van der Waals surface area contributed by atoms with E-state index in [0.29, 0.717) is 0 Å². The number of benzene rings is 1. The molecule has 0 saturated carbocycles. The Morgan fingerprint density at radius 1 is 1.22 bits per heavy atom. The van der Waals surface area contributed by atoms with Gasteiger partial charge in [-0.2, -0.15) is 13.2 Å². The standard InChI is InChI=1S/C11H10ClF5O/c1-6-2-10(14)7(3-9(6)13)8(12)4-18-5-11(15,16)17/h2-3,8H,4-5H2,1H3. The molecule has 0 aliphatic heterocycles. The van der Waals surface area contributed by atoms with Crippen LogP contribution in [0.3, 0.4) is 0 Å². The molecule has 1 aromatic carbocycles. The van der Waals surface area contributed by atoms with E-state index in [0.717, 1.165) is 12.1 Å². The molecule has 0 fully saturated rings. The molecule has 0 aliphatic carbocycles. The molecule has 0 heterocycles. The van der Waals surface area contributed by atoms with E-state index in [9.17, 15) is 22.0 Å². The fraction of sp³-hybridized carbons (Fsp3) is 0.455. The van der Waals surface area contributed by atoms with Crippen LogP contribution < -0.4 is 0 Å². The van der Waals surface area contributed by atoms with Gasteiger partial charge in [-0.15, -0.1) is 11.6 Å². The van der Waals surface area contributed by atoms with Crippen molar-refractivity contribution in [1.82, 2.24) is 0 Å². The molecule has 0 aromatic heterocycles. The maximum atomic E-state index is 13.4. The van der Waals surface area contributed by atoms with Gasteiger partial charge in [-0.1, -0.05) is 0 Å². The lowest BCUT2D eigenvalue weighted by atomic mass is 10.1. The van der Waals surface area contributed by atoms with Crippen molar-refractivity contribution >= 4 is 11.6 Å². The molecular weight excluding hydrogens is 279 g/mol. The van der Waals surface area contributed by atoms with E-state index >= 15 is 0 Å². The summed E-state index contributed by atoms with van der Waals surface area (Å²) in [6.07, 6.45) is -4.48. The summed E-state index contributed by atoms with van der Waals surface area (Å²) in [4.78, 5) is 0. The van der Waals surface area contributed by atoms with Crippen LogP contribution in [0.1, 0.15) is 16.5 Å². The van der Waals surface area contributed by atoms with Crippen LogP contribution in [-0.4, -0.2) is 19.4 Å². The SMILES string of the molecule is Cc1cc(F)c(C(Cl)COCC(F)(F)F)cc1F. The molecule has 1 nitrogen and oxygen atoms in total. The quantitative estimate of drug-likeness (QED) is 0.598. The Hall–Kier alpha value is -0.880. The van der Waals surface area contributed by atoms with Crippen molar-refractivity contribution < 1.29 is 26.7 Å². The molecule has 1 atom stereocenters. The number of halogens is 6. The Bertz CT molecular complexity index is 419. The first kappa shape index (κ1) is 15.2. The van der Waals surface area contributed by atoms with E-state index < -0.39 is 36.4 Å². The van der Waals surface area contributed by atoms with Crippen molar-refractivity contribution in [2.45, 2.75) is 18.5 Å². The molecule has 1 unspecified atom stereocenters. The minimum absolute atomic E-state index is 0.0938. The lowest BCUT2D eigenvalue weighted by molar-refractivity contribution is -0.173. The third-order valence-corrected chi connectivity index (χ3v) is 2.51. The molecule has 0 saturated heterocycles. The van der Waals surface area contributed by atoms with Gasteiger partial charge in [0, 0.05) is 5.56 Å². The van der Waals surface area contributed by atoms with Gasteiger partial charge in [-0.25, -0.2) is 8.78 Å². The van der Waals surface area contributed by atoms with E-state index in [4.69, 9.17) is 11.6 Å². The number of ether oxygens (including phenoxy) is 1. The van der Waals surface area contributed by atoms with Gasteiger partial charge in [-0.3, -0.25) is 0 Å². The molecule has 0 spiro atoms. The second-order valence-corrected chi connectivity index (χ2v) is 4.25. The number of alkyl halides is 4. The van der Waals surface area contributed by atoms with Crippen LogP contribution in [0.2, 0.25) is 0 Å². The van der Waals surface area contributed by atoms with Crippen molar-refractivity contribution in [1.29, 1.82) is 0 Å². The highest BCUT2D eigenvalue weighted by Gasteiger charge is 2.28. The second-order valence-electron chi connectivity index (χ2n) is 3.72. The fourth-order valence-corrected chi connectivity index (χ4v) is 1.53. The van der Waals surface area contributed by atoms with Crippen molar-refractivity contribution in [3.05, 3.63) is 34.9 Å². The summed E-state index contributed by atoms with van der Waals surface area (Å²) in [5.41, 5.74) is -0.127. The predicted octanol–water partition coefficient (Wildman–Crippen LogP) is 4.13. The Labute approximate surface area is 106 Å². The average Bonchev–Trinajstić information content (AvgIpc) is 2.21. The predicted molar refractivity (Wildman–Crippen MR) is 56.6 cm³/mol. The van der Waals surface area contributed by atoms with Crippen LogP contribution in [-0.2, 0) is 4.74 Å². The van der Waals surface area contributed by atoms with Crippen LogP contribution in [0.15, 0.2) is 12.1 Å². The summed E-state index contributed by atoms with van der Waals surface area (Å²) >= 11 is 5.67. The number of rotatable bonds is 4. The van der Waals surface area contributed by atoms with E-state index in [1.807, 2.05) is 0 Å². The number of hydrogen-bond acceptors (Lipinski definition) is 1. The Balaban J connectivity index is 2.67. The van der Waals surface area contributed by atoms with Crippen molar-refractivity contribution in [3.8, 4) is 0 Å². The van der Waals surface area contributed by atoms with Gasteiger partial charge in [0.2, 0.25) is 0 Å². The monoisotopic (exact) mass is 288 g/mol. The van der Waals surface area contributed by atoms with Crippen LogP contribution >= 0.6 is 11.6 Å². The van der Waals surface area contributed by atoms with Gasteiger partial charge in [-0.05, 0) is 24.6 Å². The lowest BCUT2D eigenvalue weighted by Crippen LogP contribution is -2.19. The molecule has 1 rings (SSSR count). The topological polar surface area (TPSA) is 9.23 Å². The number of aryl methyl sites for hydroxylation is 1. The summed E-state index contributed by atoms with van der Waals surface area (Å²) in [6, 6.07) is 1.79. The van der Waals surface area contributed by atoms with Gasteiger partial charge < -0.3 is 4.74 Å². The van der Waals surface area contributed by atoms with Crippen LogP contribution in [0.25, 0.3) is 0 Å². The van der Waals surface area contributed by atoms with Crippen LogP contribution in [0, 0.1) is 18.6 Å². The summed E-state index contributed by atoms with van der Waals surface area (Å²) in [6.45, 7) is -0.668. The highest BCUT2D eigenvalue weighted by molar-refractivity contribution is 6.20. The first-order valence-corrected chi connectivity index (χ1v) is 5.38. The molecular formula is C11H10ClF5O. The second kappa shape index (κ2) is 5.84. The first-order valence-electron chi connectivity index (χ1n) is 4.95. The van der Waals surface area contributed by atoms with E-state index in [1.165, 1.54) is 6.92 Å². The van der Waals surface area contributed by atoms with Gasteiger partial charge >= 0.3 is 6.18 Å². The molecule has 0 aliphatic rings. The smallest absolute Gasteiger partial charge is 0.370 e. The first-order chi connectivity index (χ1) is 8.20. The van der Waals surface area contributed by atoms with Gasteiger partial charge in [0.05, 0.1) is 12.0 Å². The molecule has 7 heteroatoms. The van der Waals surface area contributed by atoms with Gasteiger partial charge in [0.25, 0.3) is 0 Å². The van der Waals surface area contributed by atoms with E-state index in [-0.39, 0.29) is 11.1 Å². The Morgan fingerprint density at radius 2 is 1.83 bits per heavy atom. The molecule has 0 amide bonds. The maximum absolute atomic E-state index is 13.4. The largest absolute Gasteiger partial charge is 0.411 e. The molecule has 0 radical (unpaired) electrons. The third-order valence-electron chi connectivity index (χ3n) is 2.15. The third kappa shape index (κ3) is 4.42. The molecule has 18 heavy (non-hydrogen) atoms. The highest BCUT2D eigenvalue weighted by atomic mass is 35.5. The van der Waals surface area contributed by atoms with Crippen LogP contribution in [0.5, 0.6) is 0 Å². The zero-order valence-electron chi connectivity index (χ0n) is 9.32. The van der Waals surface area contributed by atoms with Crippen molar-refractivity contribution in [3.63, 3.8) is 0 Å². The van der Waals surface area contributed by atoms with E-state index in [1.54, 1.807) is 0 Å². The Morgan fingerprint density at radius 3 is 2.39 bits per heavy atom. The lowest BCUT2D eigenvalue weighted by Gasteiger charge is -2.13. The average molecular weight is 289 g/mol. The summed E-state index contributed by atoms with van der Waals surface area (Å²) in [7, 11) is 0. The highest BCUT2D eigenvalue weighted by Crippen LogP contribution is 2.26. The van der Waals surface area contributed by atoms with Crippen molar-refractivity contribution in [2.24, 2.45) is 0 Å². The minimum atomic E-state index is -4.48. The molecule has 1 aromatic rings. The summed E-state index contributed by atoms with van der Waals surface area (Å²) in [5.74, 6) is -1.45. The van der Waals surface area contributed by atoms with Crippen LogP contribution in [0.4, 0.5) is 22.0 Å². The molecule has 102 valence electrons. The maximum Gasteiger partial charge on any atom is 0.411 e. The minimum Gasteiger partial charge on any atom is -0.370 e.